The molecule has 1 heterocycles. The second kappa shape index (κ2) is 12.4. The molecule has 0 saturated heterocycles. The zero-order valence-electron chi connectivity index (χ0n) is 24.6. The van der Waals surface area contributed by atoms with E-state index in [1.54, 1.807) is 27.0 Å². The van der Waals surface area contributed by atoms with Gasteiger partial charge in [0.2, 0.25) is 0 Å². The molecule has 0 radical (unpaired) electrons. The molecule has 1 N–H and O–H groups in total. The monoisotopic (exact) mass is 578 g/mol. The number of carbonyl (C=O) groups excluding carboxylic acids is 3. The van der Waals surface area contributed by atoms with Crippen LogP contribution in [-0.4, -0.2) is 41.5 Å². The molecule has 0 saturated carbocycles. The Morgan fingerprint density at radius 2 is 1.58 bits per heavy atom. The highest BCUT2D eigenvalue weighted by molar-refractivity contribution is 6.00. The molecular formula is C35H34N2O6. The van der Waals surface area contributed by atoms with Gasteiger partial charge in [-0.3, -0.25) is 4.57 Å². The first-order valence-corrected chi connectivity index (χ1v) is 14.0. The Bertz CT molecular complexity index is 1780. The van der Waals surface area contributed by atoms with Gasteiger partial charge in [-0.15, -0.1) is 0 Å². The molecule has 8 nitrogen and oxygen atoms in total. The van der Waals surface area contributed by atoms with E-state index in [-0.39, 0.29) is 13.0 Å². The van der Waals surface area contributed by atoms with E-state index in [0.717, 1.165) is 32.8 Å². The van der Waals surface area contributed by atoms with E-state index in [4.69, 9.17) is 14.2 Å². The van der Waals surface area contributed by atoms with Crippen molar-refractivity contribution in [3.8, 4) is 11.1 Å². The lowest BCUT2D eigenvalue weighted by Gasteiger charge is -2.19. The molecule has 1 amide bonds. The summed E-state index contributed by atoms with van der Waals surface area (Å²) < 4.78 is 17.5. The highest BCUT2D eigenvalue weighted by atomic mass is 16.6. The van der Waals surface area contributed by atoms with Gasteiger partial charge >= 0.3 is 18.2 Å². The van der Waals surface area contributed by atoms with Crippen molar-refractivity contribution in [2.24, 2.45) is 0 Å². The van der Waals surface area contributed by atoms with Crippen LogP contribution in [0.2, 0.25) is 0 Å². The van der Waals surface area contributed by atoms with Gasteiger partial charge in [-0.05, 0) is 65.9 Å². The van der Waals surface area contributed by atoms with Crippen LogP contribution in [0.1, 0.15) is 31.9 Å². The normalized spacial score (nSPS) is 12.1. The van der Waals surface area contributed by atoms with Crippen LogP contribution in [-0.2, 0) is 32.0 Å². The smallest absolute Gasteiger partial charge is 0.419 e. The minimum atomic E-state index is -1.06. The Balaban J connectivity index is 1.52. The van der Waals surface area contributed by atoms with Crippen LogP contribution >= 0.6 is 0 Å². The minimum absolute atomic E-state index is 0.0485. The predicted octanol–water partition coefficient (Wildman–Crippen LogP) is 7.26. The largest absolute Gasteiger partial charge is 0.467 e. The van der Waals surface area contributed by atoms with Crippen LogP contribution in [0.4, 0.5) is 9.59 Å². The van der Waals surface area contributed by atoms with Gasteiger partial charge in [0.25, 0.3) is 0 Å². The van der Waals surface area contributed by atoms with E-state index < -0.39 is 29.8 Å². The van der Waals surface area contributed by atoms with Crippen molar-refractivity contribution in [2.45, 2.75) is 45.4 Å². The van der Waals surface area contributed by atoms with Gasteiger partial charge in [-0.1, -0.05) is 78.9 Å². The van der Waals surface area contributed by atoms with Gasteiger partial charge in [0.05, 0.1) is 12.6 Å². The van der Waals surface area contributed by atoms with Crippen molar-refractivity contribution in [1.29, 1.82) is 0 Å². The fraction of sp³-hybridized carbons (Fsp3) is 0.229. The van der Waals surface area contributed by atoms with Crippen molar-refractivity contribution in [3.05, 3.63) is 108 Å². The molecule has 8 heteroatoms. The molecule has 0 bridgehead atoms. The number of nitrogens with zero attached hydrogens (tertiary/aromatic N) is 1. The van der Waals surface area contributed by atoms with E-state index in [1.165, 1.54) is 11.7 Å². The molecule has 0 aliphatic heterocycles. The number of hydrogen-bond acceptors (Lipinski definition) is 6. The number of carbonyl (C=O) groups is 3. The fourth-order valence-electron chi connectivity index (χ4n) is 5.03. The molecule has 0 fully saturated rings. The molecule has 0 unspecified atom stereocenters. The van der Waals surface area contributed by atoms with Crippen LogP contribution < -0.4 is 5.32 Å². The van der Waals surface area contributed by atoms with Crippen molar-refractivity contribution in [1.82, 2.24) is 9.88 Å². The predicted molar refractivity (Wildman–Crippen MR) is 166 cm³/mol. The maximum atomic E-state index is 13.3. The van der Waals surface area contributed by atoms with Gasteiger partial charge in [0.15, 0.2) is 0 Å². The number of hydrogen-bond donors (Lipinski definition) is 1. The summed E-state index contributed by atoms with van der Waals surface area (Å²) in [6.07, 6.45) is 0.398. The summed E-state index contributed by atoms with van der Waals surface area (Å²) >= 11 is 0. The zero-order valence-corrected chi connectivity index (χ0v) is 24.6. The van der Waals surface area contributed by atoms with Crippen molar-refractivity contribution in [2.75, 3.05) is 7.11 Å². The van der Waals surface area contributed by atoms with E-state index in [2.05, 4.69) is 29.6 Å². The summed E-state index contributed by atoms with van der Waals surface area (Å²) in [5.74, 6) is -0.639. The average molecular weight is 579 g/mol. The minimum Gasteiger partial charge on any atom is -0.467 e. The lowest BCUT2D eigenvalue weighted by molar-refractivity contribution is -0.143. The average Bonchev–Trinajstić information content (AvgIpc) is 3.36. The Hall–Kier alpha value is -5.11. The van der Waals surface area contributed by atoms with E-state index in [9.17, 15) is 14.4 Å². The summed E-state index contributed by atoms with van der Waals surface area (Å²) in [6, 6.07) is 28.3. The number of amides is 1. The molecule has 4 aromatic carbocycles. The topological polar surface area (TPSA) is 95.9 Å². The van der Waals surface area contributed by atoms with Crippen LogP contribution in [0.3, 0.4) is 0 Å². The van der Waals surface area contributed by atoms with Gasteiger partial charge in [0.1, 0.15) is 18.2 Å². The number of aromatic nitrogens is 1. The Morgan fingerprint density at radius 1 is 0.860 bits per heavy atom. The number of ether oxygens (including phenoxy) is 3. The third kappa shape index (κ3) is 6.86. The Labute approximate surface area is 250 Å². The highest BCUT2D eigenvalue weighted by Gasteiger charge is 2.27. The summed E-state index contributed by atoms with van der Waals surface area (Å²) in [5.41, 5.74) is 3.34. The number of methoxy groups -OCH3 is 1. The number of alkyl carbamates (subject to hydrolysis) is 1. The van der Waals surface area contributed by atoms with Crippen LogP contribution in [0.25, 0.3) is 32.8 Å². The molecule has 1 atom stereocenters. The first kappa shape index (κ1) is 29.4. The third-order valence-corrected chi connectivity index (χ3v) is 6.99. The van der Waals surface area contributed by atoms with Gasteiger partial charge in [-0.2, -0.15) is 0 Å². The zero-order chi connectivity index (χ0) is 30.6. The van der Waals surface area contributed by atoms with Crippen LogP contribution in [0.15, 0.2) is 97.2 Å². The summed E-state index contributed by atoms with van der Waals surface area (Å²) in [5, 5.41) is 5.58. The number of rotatable bonds is 7. The lowest BCUT2D eigenvalue weighted by atomic mass is 9.96. The van der Waals surface area contributed by atoms with E-state index in [1.807, 2.05) is 66.7 Å². The fourth-order valence-corrected chi connectivity index (χ4v) is 5.03. The second-order valence-corrected chi connectivity index (χ2v) is 11.2. The van der Waals surface area contributed by atoms with E-state index >= 15 is 0 Å². The number of benzene rings is 4. The molecule has 0 spiro atoms. The molecule has 1 aromatic heterocycles. The molecule has 0 aliphatic rings. The first-order valence-electron chi connectivity index (χ1n) is 14.0. The molecular weight excluding hydrogens is 544 g/mol. The standard InChI is InChI=1S/C35H34N2O6/c1-35(2,3)43-34(40)37-21-26(20-30(32(38)41-4)36-33(39)42-22-23-11-6-5-7-12-23)29-19-25(17-18-31(29)37)28-16-10-14-24-13-8-9-15-27(24)28/h5-19,21,30H,20,22H2,1-4H3,(H,36,39)/t30-/m0/s1. The van der Waals surface area contributed by atoms with Crippen LogP contribution in [0.5, 0.6) is 0 Å². The maximum Gasteiger partial charge on any atom is 0.419 e. The summed E-state index contributed by atoms with van der Waals surface area (Å²) in [4.78, 5) is 38.8. The third-order valence-electron chi connectivity index (χ3n) is 6.99. The van der Waals surface area contributed by atoms with Gasteiger partial charge < -0.3 is 19.5 Å². The van der Waals surface area contributed by atoms with Gasteiger partial charge in [0, 0.05) is 18.0 Å². The lowest BCUT2D eigenvalue weighted by Crippen LogP contribution is -2.43. The van der Waals surface area contributed by atoms with E-state index in [0.29, 0.717) is 11.1 Å². The Morgan fingerprint density at radius 3 is 2.33 bits per heavy atom. The first-order chi connectivity index (χ1) is 20.6. The number of fused-ring (bicyclic) bond motifs is 2. The van der Waals surface area contributed by atoms with Crippen LogP contribution in [0, 0.1) is 0 Å². The summed E-state index contributed by atoms with van der Waals surface area (Å²) in [7, 11) is 1.26. The summed E-state index contributed by atoms with van der Waals surface area (Å²) in [6.45, 7) is 5.45. The molecule has 43 heavy (non-hydrogen) atoms. The van der Waals surface area contributed by atoms with Crippen molar-refractivity contribution < 1.29 is 28.6 Å². The molecule has 5 aromatic rings. The Kier molecular flexibility index (Phi) is 8.48. The molecule has 220 valence electrons. The number of nitrogens with one attached hydrogen (secondary N) is 1. The molecule has 5 rings (SSSR count). The maximum absolute atomic E-state index is 13.3. The van der Waals surface area contributed by atoms with Gasteiger partial charge in [-0.25, -0.2) is 14.4 Å². The van der Waals surface area contributed by atoms with Crippen molar-refractivity contribution in [3.63, 3.8) is 0 Å². The number of esters is 1. The quantitative estimate of drug-likeness (QED) is 0.161. The molecule has 0 aliphatic carbocycles. The second-order valence-electron chi connectivity index (χ2n) is 11.2. The van der Waals surface area contributed by atoms with Crippen molar-refractivity contribution >= 4 is 39.8 Å². The SMILES string of the molecule is COC(=O)[C@H](Cc1cn(C(=O)OC(C)(C)C)c2ccc(-c3cccc4ccccc34)cc12)NC(=O)OCc1ccccc1. The highest BCUT2D eigenvalue weighted by Crippen LogP contribution is 2.33.